The Balaban J connectivity index is 1.53. The summed E-state index contributed by atoms with van der Waals surface area (Å²) in [6.07, 6.45) is 4.00. The second-order valence-corrected chi connectivity index (χ2v) is 8.01. The zero-order valence-electron chi connectivity index (χ0n) is 14.3. The Morgan fingerprint density at radius 2 is 1.92 bits per heavy atom. The van der Waals surface area contributed by atoms with Gasteiger partial charge in [-0.2, -0.15) is 0 Å². The van der Waals surface area contributed by atoms with E-state index in [4.69, 9.17) is 0 Å². The maximum atomic E-state index is 13.1. The van der Waals surface area contributed by atoms with E-state index in [1.165, 1.54) is 16.9 Å². The molecule has 1 atom stereocenters. The van der Waals surface area contributed by atoms with Crippen molar-refractivity contribution >= 4 is 28.2 Å². The molecule has 1 saturated heterocycles. The molecule has 1 saturated carbocycles. The minimum Gasteiger partial charge on any atom is -0.331 e. The number of rotatable bonds is 4. The molecule has 2 aromatic rings. The van der Waals surface area contributed by atoms with Crippen molar-refractivity contribution in [2.45, 2.75) is 38.6 Å². The van der Waals surface area contributed by atoms with Gasteiger partial charge in [0.15, 0.2) is 0 Å². The van der Waals surface area contributed by atoms with Crippen molar-refractivity contribution in [2.24, 2.45) is 5.92 Å². The summed E-state index contributed by atoms with van der Waals surface area (Å²) in [6, 6.07) is 12.3. The Bertz CT molecular complexity index is 795. The maximum Gasteiger partial charge on any atom is 0.264 e. The third-order valence-electron chi connectivity index (χ3n) is 5.00. The Hall–Kier alpha value is -2.14. The molecule has 2 aliphatic rings. The normalized spacial score (nSPS) is 19.9. The standard InChI is InChI=1S/C20H22N2O2S/c1-13-12-17(21-19(23)15-9-10-15)25-18(13)20(24)22-11-5-8-16(22)14-6-3-2-4-7-14/h2-4,6-7,12,15-16H,5,8-11H2,1H3,(H,21,23). The zero-order chi connectivity index (χ0) is 17.4. The summed E-state index contributed by atoms with van der Waals surface area (Å²) in [7, 11) is 0. The van der Waals surface area contributed by atoms with Gasteiger partial charge in [-0.25, -0.2) is 0 Å². The maximum absolute atomic E-state index is 13.1. The Labute approximate surface area is 151 Å². The molecule has 1 aliphatic carbocycles. The van der Waals surface area contributed by atoms with Gasteiger partial charge in [-0.3, -0.25) is 9.59 Å². The first-order valence-electron chi connectivity index (χ1n) is 8.90. The fraction of sp³-hybridized carbons (Fsp3) is 0.400. The second-order valence-electron chi connectivity index (χ2n) is 6.95. The Morgan fingerprint density at radius 3 is 2.64 bits per heavy atom. The predicted molar refractivity (Wildman–Crippen MR) is 99.9 cm³/mol. The first kappa shape index (κ1) is 16.3. The molecule has 1 unspecified atom stereocenters. The van der Waals surface area contributed by atoms with Crippen molar-refractivity contribution < 1.29 is 9.59 Å². The molecule has 2 amide bonds. The van der Waals surface area contributed by atoms with Crippen molar-refractivity contribution in [3.63, 3.8) is 0 Å². The predicted octanol–water partition coefficient (Wildman–Crippen LogP) is 4.38. The van der Waals surface area contributed by atoms with Crippen molar-refractivity contribution in [1.82, 2.24) is 4.90 Å². The molecule has 1 aromatic heterocycles. The molecule has 1 N–H and O–H groups in total. The van der Waals surface area contributed by atoms with Gasteiger partial charge in [-0.05, 0) is 49.8 Å². The van der Waals surface area contributed by atoms with Crippen molar-refractivity contribution in [3.05, 3.63) is 52.4 Å². The number of aryl methyl sites for hydroxylation is 1. The van der Waals surface area contributed by atoms with E-state index in [0.717, 1.165) is 47.7 Å². The largest absolute Gasteiger partial charge is 0.331 e. The summed E-state index contributed by atoms with van der Waals surface area (Å²) in [6.45, 7) is 2.74. The summed E-state index contributed by atoms with van der Waals surface area (Å²) in [5.41, 5.74) is 2.14. The smallest absolute Gasteiger partial charge is 0.264 e. The summed E-state index contributed by atoms with van der Waals surface area (Å²) >= 11 is 1.40. The first-order chi connectivity index (χ1) is 12.1. The van der Waals surface area contributed by atoms with Crippen LogP contribution in [0.15, 0.2) is 36.4 Å². The van der Waals surface area contributed by atoms with E-state index in [2.05, 4.69) is 17.4 Å². The van der Waals surface area contributed by atoms with E-state index in [1.807, 2.05) is 36.1 Å². The van der Waals surface area contributed by atoms with E-state index in [1.54, 1.807) is 0 Å². The number of likely N-dealkylation sites (tertiary alicyclic amines) is 1. The van der Waals surface area contributed by atoms with Gasteiger partial charge in [-0.15, -0.1) is 11.3 Å². The minimum atomic E-state index is 0.0840. The highest BCUT2D eigenvalue weighted by molar-refractivity contribution is 7.18. The van der Waals surface area contributed by atoms with Gasteiger partial charge in [0.05, 0.1) is 15.9 Å². The van der Waals surface area contributed by atoms with E-state index in [0.29, 0.717) is 0 Å². The van der Waals surface area contributed by atoms with Crippen LogP contribution in [0, 0.1) is 12.8 Å². The van der Waals surface area contributed by atoms with Crippen molar-refractivity contribution in [2.75, 3.05) is 11.9 Å². The molecule has 1 aliphatic heterocycles. The molecule has 130 valence electrons. The number of carbonyl (C=O) groups is 2. The average Bonchev–Trinajstić information content (AvgIpc) is 3.25. The van der Waals surface area contributed by atoms with Crippen LogP contribution in [0.1, 0.15) is 52.5 Å². The molecule has 2 fully saturated rings. The first-order valence-corrected chi connectivity index (χ1v) is 9.72. The fourth-order valence-electron chi connectivity index (χ4n) is 3.49. The van der Waals surface area contributed by atoms with Gasteiger partial charge in [0.2, 0.25) is 5.91 Å². The molecule has 4 rings (SSSR count). The molecule has 0 radical (unpaired) electrons. The molecule has 5 heteroatoms. The summed E-state index contributed by atoms with van der Waals surface area (Å²) in [5.74, 6) is 0.340. The lowest BCUT2D eigenvalue weighted by Gasteiger charge is -2.25. The number of carbonyl (C=O) groups excluding carboxylic acids is 2. The molecule has 4 nitrogen and oxygen atoms in total. The van der Waals surface area contributed by atoms with Crippen LogP contribution in [0.5, 0.6) is 0 Å². The number of nitrogens with one attached hydrogen (secondary N) is 1. The van der Waals surface area contributed by atoms with Crippen LogP contribution in [-0.4, -0.2) is 23.3 Å². The topological polar surface area (TPSA) is 49.4 Å². The van der Waals surface area contributed by atoms with Crippen LogP contribution < -0.4 is 5.32 Å². The van der Waals surface area contributed by atoms with Gasteiger partial charge in [0.25, 0.3) is 5.91 Å². The summed E-state index contributed by atoms with van der Waals surface area (Å²) in [5, 5.41) is 3.75. The van der Waals surface area contributed by atoms with Gasteiger partial charge >= 0.3 is 0 Å². The lowest BCUT2D eigenvalue weighted by Crippen LogP contribution is -2.30. The van der Waals surface area contributed by atoms with Crippen LogP contribution in [0.4, 0.5) is 5.00 Å². The number of benzene rings is 1. The highest BCUT2D eigenvalue weighted by atomic mass is 32.1. The zero-order valence-corrected chi connectivity index (χ0v) is 15.1. The highest BCUT2D eigenvalue weighted by Crippen LogP contribution is 2.37. The van der Waals surface area contributed by atoms with Gasteiger partial charge in [0.1, 0.15) is 0 Å². The Morgan fingerprint density at radius 1 is 1.16 bits per heavy atom. The molecular weight excluding hydrogens is 332 g/mol. The summed E-state index contributed by atoms with van der Waals surface area (Å²) in [4.78, 5) is 27.8. The van der Waals surface area contributed by atoms with Gasteiger partial charge in [-0.1, -0.05) is 30.3 Å². The lowest BCUT2D eigenvalue weighted by atomic mass is 10.0. The lowest BCUT2D eigenvalue weighted by molar-refractivity contribution is -0.117. The monoisotopic (exact) mass is 354 g/mol. The fourth-order valence-corrected chi connectivity index (χ4v) is 4.52. The van der Waals surface area contributed by atoms with Crippen LogP contribution in [0.25, 0.3) is 0 Å². The van der Waals surface area contributed by atoms with Crippen LogP contribution >= 0.6 is 11.3 Å². The molecule has 0 spiro atoms. The number of hydrogen-bond donors (Lipinski definition) is 1. The van der Waals surface area contributed by atoms with Crippen molar-refractivity contribution in [1.29, 1.82) is 0 Å². The molecule has 2 heterocycles. The number of hydrogen-bond acceptors (Lipinski definition) is 3. The second kappa shape index (κ2) is 6.64. The van der Waals surface area contributed by atoms with E-state index < -0.39 is 0 Å². The van der Waals surface area contributed by atoms with Crippen molar-refractivity contribution in [3.8, 4) is 0 Å². The summed E-state index contributed by atoms with van der Waals surface area (Å²) < 4.78 is 0. The number of thiophene rings is 1. The SMILES string of the molecule is Cc1cc(NC(=O)C2CC2)sc1C(=O)N1CCCC1c1ccccc1. The number of anilines is 1. The third-order valence-corrected chi connectivity index (χ3v) is 6.15. The average molecular weight is 354 g/mol. The third kappa shape index (κ3) is 3.33. The van der Waals surface area contributed by atoms with Crippen LogP contribution in [0.2, 0.25) is 0 Å². The van der Waals surface area contributed by atoms with Crippen LogP contribution in [-0.2, 0) is 4.79 Å². The molecule has 0 bridgehead atoms. The highest BCUT2D eigenvalue weighted by Gasteiger charge is 2.33. The number of nitrogens with zero attached hydrogens (tertiary/aromatic N) is 1. The molecular formula is C20H22N2O2S. The minimum absolute atomic E-state index is 0.0840. The molecule has 1 aromatic carbocycles. The number of amides is 2. The van der Waals surface area contributed by atoms with Gasteiger partial charge in [0, 0.05) is 12.5 Å². The van der Waals surface area contributed by atoms with E-state index in [-0.39, 0.29) is 23.8 Å². The molecule has 25 heavy (non-hydrogen) atoms. The van der Waals surface area contributed by atoms with Crippen LogP contribution in [0.3, 0.4) is 0 Å². The van der Waals surface area contributed by atoms with Gasteiger partial charge < -0.3 is 10.2 Å². The van der Waals surface area contributed by atoms with E-state index in [9.17, 15) is 9.59 Å². The Kier molecular flexibility index (Phi) is 4.34. The van der Waals surface area contributed by atoms with E-state index >= 15 is 0 Å². The quantitative estimate of drug-likeness (QED) is 0.886.